The molecule has 26 heavy (non-hydrogen) atoms. The molecule has 0 unspecified atom stereocenters. The number of benzene rings is 1. The average Bonchev–Trinajstić information content (AvgIpc) is 3.11. The molecule has 0 aliphatic heterocycles. The molecule has 1 aromatic carbocycles. The minimum absolute atomic E-state index is 0.234. The van der Waals surface area contributed by atoms with Crippen LogP contribution < -0.4 is 15.4 Å². The van der Waals surface area contributed by atoms with E-state index in [0.29, 0.717) is 13.1 Å². The molecule has 0 spiro atoms. The van der Waals surface area contributed by atoms with E-state index in [4.69, 9.17) is 4.74 Å². The van der Waals surface area contributed by atoms with Gasteiger partial charge in [-0.15, -0.1) is 0 Å². The molecule has 3 rings (SSSR count). The summed E-state index contributed by atoms with van der Waals surface area (Å²) >= 11 is 0. The summed E-state index contributed by atoms with van der Waals surface area (Å²) in [5, 5.41) is 9.88. The highest BCUT2D eigenvalue weighted by atomic mass is 16.5. The van der Waals surface area contributed by atoms with Crippen LogP contribution in [0.15, 0.2) is 55.0 Å². The Bertz CT molecular complexity index is 874. The highest BCUT2D eigenvalue weighted by Crippen LogP contribution is 2.20. The zero-order valence-corrected chi connectivity index (χ0v) is 14.8. The van der Waals surface area contributed by atoms with Gasteiger partial charge in [-0.1, -0.05) is 18.2 Å². The van der Waals surface area contributed by atoms with Crippen molar-refractivity contribution in [2.45, 2.75) is 13.1 Å². The van der Waals surface area contributed by atoms with E-state index in [1.54, 1.807) is 24.2 Å². The van der Waals surface area contributed by atoms with Crippen molar-refractivity contribution in [3.63, 3.8) is 0 Å². The van der Waals surface area contributed by atoms with E-state index in [1.807, 2.05) is 49.6 Å². The summed E-state index contributed by atoms with van der Waals surface area (Å²) in [5.74, 6) is 0.790. The van der Waals surface area contributed by atoms with E-state index in [1.165, 1.54) is 0 Å². The number of aryl methyl sites for hydroxylation is 1. The van der Waals surface area contributed by atoms with Crippen molar-refractivity contribution in [1.29, 1.82) is 0 Å². The monoisotopic (exact) mass is 351 g/mol. The van der Waals surface area contributed by atoms with Crippen LogP contribution >= 0.6 is 0 Å². The molecule has 7 heteroatoms. The first-order valence-corrected chi connectivity index (χ1v) is 8.23. The number of hydrogen-bond acceptors (Lipinski definition) is 4. The Morgan fingerprint density at radius 3 is 2.62 bits per heavy atom. The lowest BCUT2D eigenvalue weighted by atomic mass is 10.1. The zero-order valence-electron chi connectivity index (χ0n) is 14.8. The van der Waals surface area contributed by atoms with Crippen LogP contribution in [-0.4, -0.2) is 27.9 Å². The van der Waals surface area contributed by atoms with Gasteiger partial charge in [0.05, 0.1) is 19.0 Å². The van der Waals surface area contributed by atoms with Crippen LogP contribution in [-0.2, 0) is 20.1 Å². The van der Waals surface area contributed by atoms with Crippen molar-refractivity contribution >= 4 is 6.03 Å². The number of hydrogen-bond donors (Lipinski definition) is 2. The van der Waals surface area contributed by atoms with Gasteiger partial charge in [-0.2, -0.15) is 5.10 Å². The largest absolute Gasteiger partial charge is 0.497 e. The highest BCUT2D eigenvalue weighted by molar-refractivity contribution is 5.74. The van der Waals surface area contributed by atoms with Crippen molar-refractivity contribution in [3.8, 4) is 17.0 Å². The number of aromatic nitrogens is 3. The molecular formula is C19H21N5O2. The molecule has 0 saturated heterocycles. The number of nitrogens with zero attached hydrogens (tertiary/aromatic N) is 3. The van der Waals surface area contributed by atoms with Crippen LogP contribution in [0.5, 0.6) is 5.75 Å². The second-order valence-corrected chi connectivity index (χ2v) is 5.80. The Kier molecular flexibility index (Phi) is 5.48. The summed E-state index contributed by atoms with van der Waals surface area (Å²) in [6, 6.07) is 11.1. The minimum atomic E-state index is -0.234. The van der Waals surface area contributed by atoms with Crippen molar-refractivity contribution in [2.75, 3.05) is 7.11 Å². The summed E-state index contributed by atoms with van der Waals surface area (Å²) < 4.78 is 6.84. The van der Waals surface area contributed by atoms with Crippen LogP contribution in [0.1, 0.15) is 11.1 Å². The number of pyridine rings is 1. The number of nitrogens with one attached hydrogen (secondary N) is 2. The second kappa shape index (κ2) is 8.15. The molecule has 2 N–H and O–H groups in total. The summed E-state index contributed by atoms with van der Waals surface area (Å²) in [5.41, 5.74) is 3.66. The highest BCUT2D eigenvalue weighted by Gasteiger charge is 2.09. The molecule has 0 atom stereocenters. The van der Waals surface area contributed by atoms with Gasteiger partial charge in [-0.25, -0.2) is 4.79 Å². The third kappa shape index (κ3) is 4.38. The van der Waals surface area contributed by atoms with Crippen LogP contribution in [0.4, 0.5) is 4.79 Å². The maximum absolute atomic E-state index is 12.1. The summed E-state index contributed by atoms with van der Waals surface area (Å²) in [7, 11) is 3.48. The Morgan fingerprint density at radius 2 is 1.92 bits per heavy atom. The van der Waals surface area contributed by atoms with Gasteiger partial charge in [0.25, 0.3) is 0 Å². The summed E-state index contributed by atoms with van der Waals surface area (Å²) in [6.07, 6.45) is 5.39. The SMILES string of the molecule is COc1ccc(CNC(=O)NCc2cccnc2-c2cnn(C)c2)cc1. The van der Waals surface area contributed by atoms with Gasteiger partial charge in [0.1, 0.15) is 5.75 Å². The van der Waals surface area contributed by atoms with E-state index >= 15 is 0 Å². The van der Waals surface area contributed by atoms with E-state index < -0.39 is 0 Å². The van der Waals surface area contributed by atoms with Gasteiger partial charge in [0.2, 0.25) is 0 Å². The first-order chi connectivity index (χ1) is 12.7. The van der Waals surface area contributed by atoms with Gasteiger partial charge >= 0.3 is 6.03 Å². The lowest BCUT2D eigenvalue weighted by Crippen LogP contribution is -2.34. The van der Waals surface area contributed by atoms with Gasteiger partial charge in [0, 0.05) is 38.1 Å². The molecule has 0 bridgehead atoms. The van der Waals surface area contributed by atoms with Gasteiger partial charge < -0.3 is 15.4 Å². The second-order valence-electron chi connectivity index (χ2n) is 5.80. The summed E-state index contributed by atoms with van der Waals surface area (Å²) in [6.45, 7) is 0.824. The molecule has 134 valence electrons. The lowest BCUT2D eigenvalue weighted by molar-refractivity contribution is 0.240. The summed E-state index contributed by atoms with van der Waals surface area (Å²) in [4.78, 5) is 16.5. The van der Waals surface area contributed by atoms with E-state index in [9.17, 15) is 4.79 Å². The average molecular weight is 351 g/mol. The smallest absolute Gasteiger partial charge is 0.315 e. The number of carbonyl (C=O) groups excluding carboxylic acids is 1. The number of ether oxygens (including phenoxy) is 1. The molecule has 0 saturated carbocycles. The van der Waals surface area contributed by atoms with Crippen molar-refractivity contribution in [1.82, 2.24) is 25.4 Å². The van der Waals surface area contributed by atoms with Crippen molar-refractivity contribution < 1.29 is 9.53 Å². The number of amides is 2. The third-order valence-corrected chi connectivity index (χ3v) is 3.92. The van der Waals surface area contributed by atoms with E-state index in [-0.39, 0.29) is 6.03 Å². The first-order valence-electron chi connectivity index (χ1n) is 8.23. The van der Waals surface area contributed by atoms with Gasteiger partial charge in [-0.3, -0.25) is 9.67 Å². The minimum Gasteiger partial charge on any atom is -0.497 e. The fourth-order valence-corrected chi connectivity index (χ4v) is 2.55. The molecule has 0 fully saturated rings. The van der Waals surface area contributed by atoms with E-state index in [0.717, 1.165) is 28.1 Å². The maximum Gasteiger partial charge on any atom is 0.315 e. The quantitative estimate of drug-likeness (QED) is 0.715. The van der Waals surface area contributed by atoms with Crippen LogP contribution in [0, 0.1) is 0 Å². The number of carbonyl (C=O) groups is 1. The molecular weight excluding hydrogens is 330 g/mol. The molecule has 0 aliphatic carbocycles. The topological polar surface area (TPSA) is 81.1 Å². The molecule has 0 aliphatic rings. The first kappa shape index (κ1) is 17.5. The number of methoxy groups -OCH3 is 1. The molecule has 2 heterocycles. The van der Waals surface area contributed by atoms with Crippen LogP contribution in [0.2, 0.25) is 0 Å². The number of rotatable bonds is 6. The van der Waals surface area contributed by atoms with E-state index in [2.05, 4.69) is 20.7 Å². The van der Waals surface area contributed by atoms with Crippen molar-refractivity contribution in [2.24, 2.45) is 7.05 Å². The predicted molar refractivity (Wildman–Crippen MR) is 98.5 cm³/mol. The van der Waals surface area contributed by atoms with Gasteiger partial charge in [0.15, 0.2) is 0 Å². The molecule has 7 nitrogen and oxygen atoms in total. The Hall–Kier alpha value is -3.35. The Balaban J connectivity index is 1.56. The van der Waals surface area contributed by atoms with Crippen LogP contribution in [0.3, 0.4) is 0 Å². The molecule has 2 aromatic heterocycles. The maximum atomic E-state index is 12.1. The van der Waals surface area contributed by atoms with Crippen LogP contribution in [0.25, 0.3) is 11.3 Å². The normalized spacial score (nSPS) is 10.4. The fourth-order valence-electron chi connectivity index (χ4n) is 2.55. The Labute approximate surface area is 152 Å². The zero-order chi connectivity index (χ0) is 18.4. The third-order valence-electron chi connectivity index (χ3n) is 3.92. The van der Waals surface area contributed by atoms with Gasteiger partial charge in [-0.05, 0) is 29.3 Å². The number of urea groups is 1. The lowest BCUT2D eigenvalue weighted by Gasteiger charge is -2.10. The molecule has 3 aromatic rings. The molecule has 0 radical (unpaired) electrons. The Morgan fingerprint density at radius 1 is 1.15 bits per heavy atom. The predicted octanol–water partition coefficient (Wildman–Crippen LogP) is 2.49. The van der Waals surface area contributed by atoms with Crippen molar-refractivity contribution in [3.05, 3.63) is 66.1 Å². The standard InChI is InChI=1S/C19H21N5O2/c1-24-13-16(12-23-24)18-15(4-3-9-20-18)11-22-19(25)21-10-14-5-7-17(26-2)8-6-14/h3-9,12-13H,10-11H2,1-2H3,(H2,21,22,25). The molecule has 2 amide bonds. The fraction of sp³-hybridized carbons (Fsp3) is 0.211.